The van der Waals surface area contributed by atoms with Crippen LogP contribution in [0.4, 0.5) is 5.69 Å². The Labute approximate surface area is 269 Å². The molecule has 3 heterocycles. The number of aliphatic hydroxyl groups is 1. The van der Waals surface area contributed by atoms with Crippen molar-refractivity contribution in [3.8, 4) is 11.8 Å². The summed E-state index contributed by atoms with van der Waals surface area (Å²) in [6.45, 7) is 6.91. The molecule has 0 spiro atoms. The number of furan rings is 1. The number of aliphatic hydroxyl groups excluding tert-OH is 1. The lowest BCUT2D eigenvalue weighted by atomic mass is 10.1. The summed E-state index contributed by atoms with van der Waals surface area (Å²) < 4.78 is 23.8. The van der Waals surface area contributed by atoms with Gasteiger partial charge in [-0.2, -0.15) is 4.36 Å². The average Bonchev–Trinajstić information content (AvgIpc) is 3.51. The Kier molecular flexibility index (Phi) is 11.1. The number of aryl methyl sites for hydroxylation is 1. The maximum absolute atomic E-state index is 14.2. The van der Waals surface area contributed by atoms with Gasteiger partial charge in [-0.3, -0.25) is 19.5 Å². The lowest BCUT2D eigenvalue weighted by Crippen LogP contribution is -2.47. The predicted octanol–water partition coefficient (Wildman–Crippen LogP) is 4.30. The van der Waals surface area contributed by atoms with Crippen molar-refractivity contribution in [3.63, 3.8) is 0 Å². The summed E-state index contributed by atoms with van der Waals surface area (Å²) >= 11 is 0. The van der Waals surface area contributed by atoms with Gasteiger partial charge in [-0.1, -0.05) is 36.1 Å². The minimum absolute atomic E-state index is 0.155. The molecule has 10 nitrogen and oxygen atoms in total. The van der Waals surface area contributed by atoms with E-state index in [2.05, 4.69) is 36.3 Å². The van der Waals surface area contributed by atoms with Crippen LogP contribution in [0.25, 0.3) is 0 Å². The molecule has 2 N–H and O–H groups in total. The Bertz CT molecular complexity index is 1850. The van der Waals surface area contributed by atoms with E-state index in [0.717, 1.165) is 38.3 Å². The van der Waals surface area contributed by atoms with Crippen molar-refractivity contribution in [1.82, 2.24) is 14.8 Å². The molecule has 2 aromatic heterocycles. The van der Waals surface area contributed by atoms with E-state index >= 15 is 0 Å². The van der Waals surface area contributed by atoms with Gasteiger partial charge in [-0.15, -0.1) is 0 Å². The second-order valence-electron chi connectivity index (χ2n) is 11.0. The number of anilines is 1. The van der Waals surface area contributed by atoms with E-state index in [1.54, 1.807) is 67.7 Å². The first-order chi connectivity index (χ1) is 22.3. The quantitative estimate of drug-likeness (QED) is 0.246. The summed E-state index contributed by atoms with van der Waals surface area (Å²) in [5.41, 5.74) is 2.65. The molecule has 2 amide bonds. The first-order valence-electron chi connectivity index (χ1n) is 15.2. The molecule has 1 fully saturated rings. The Balaban J connectivity index is 1.28. The van der Waals surface area contributed by atoms with Crippen LogP contribution in [-0.2, 0) is 9.73 Å². The third kappa shape index (κ3) is 8.77. The Hall–Kier alpha value is -4.60. The molecule has 238 valence electrons. The van der Waals surface area contributed by atoms with Gasteiger partial charge >= 0.3 is 0 Å². The van der Waals surface area contributed by atoms with Crippen molar-refractivity contribution in [3.05, 3.63) is 113 Å². The zero-order valence-electron chi connectivity index (χ0n) is 25.7. The monoisotopic (exact) mass is 639 g/mol. The number of nitrogens with one attached hydrogen (secondary N) is 1. The fourth-order valence-electron chi connectivity index (χ4n) is 5.14. The predicted molar refractivity (Wildman–Crippen MR) is 177 cm³/mol. The molecule has 2 aromatic carbocycles. The number of benzene rings is 2. The number of carbonyl (C=O) groups is 2. The van der Waals surface area contributed by atoms with Crippen LogP contribution in [0.5, 0.6) is 0 Å². The van der Waals surface area contributed by atoms with Gasteiger partial charge in [0.15, 0.2) is 5.76 Å². The van der Waals surface area contributed by atoms with Crippen molar-refractivity contribution >= 4 is 27.2 Å². The van der Waals surface area contributed by atoms with Gasteiger partial charge < -0.3 is 19.7 Å². The number of β-amino-alcohol motifs (C(OH)–C–C–N with tert-alkyl or cyclic N) is 1. The van der Waals surface area contributed by atoms with E-state index < -0.39 is 15.6 Å². The lowest BCUT2D eigenvalue weighted by Gasteiger charge is -2.34. The average molecular weight is 640 g/mol. The van der Waals surface area contributed by atoms with Gasteiger partial charge in [0, 0.05) is 78.1 Å². The Morgan fingerprint density at radius 3 is 2.41 bits per heavy atom. The number of nitrogens with zero attached hydrogens (tertiary/aromatic N) is 4. The Morgan fingerprint density at radius 2 is 1.70 bits per heavy atom. The van der Waals surface area contributed by atoms with Crippen LogP contribution < -0.4 is 5.32 Å². The van der Waals surface area contributed by atoms with Crippen molar-refractivity contribution in [2.75, 3.05) is 56.9 Å². The normalized spacial score (nSPS) is 14.9. The summed E-state index contributed by atoms with van der Waals surface area (Å²) in [6.07, 6.45) is 5.04. The highest BCUT2D eigenvalue weighted by molar-refractivity contribution is 7.94. The van der Waals surface area contributed by atoms with Crippen LogP contribution in [0.1, 0.15) is 44.0 Å². The zero-order valence-corrected chi connectivity index (χ0v) is 26.5. The molecule has 1 atom stereocenters. The second kappa shape index (κ2) is 15.6. The fraction of sp³-hybridized carbons (Fsp3) is 0.286. The summed E-state index contributed by atoms with van der Waals surface area (Å²) in [7, 11) is -3.04. The van der Waals surface area contributed by atoms with E-state index in [0.29, 0.717) is 34.7 Å². The van der Waals surface area contributed by atoms with Crippen molar-refractivity contribution in [2.24, 2.45) is 4.36 Å². The number of piperazine rings is 1. The van der Waals surface area contributed by atoms with Gasteiger partial charge in [0.25, 0.3) is 11.8 Å². The van der Waals surface area contributed by atoms with Gasteiger partial charge in [-0.05, 0) is 62.4 Å². The summed E-state index contributed by atoms with van der Waals surface area (Å²) in [6, 6.07) is 19.3. The standard InChI is InChI=1S/C35H37N5O5S/c1-27-13-21-45-33(27)35(43)37-31-8-5-7-28(24-31)11-12-29-23-30(26-36-25-29)34(42)38-46(44,32-9-3-2-4-10-32)22-6-14-39-15-17-40(18-16-39)19-20-41/h2-5,7-10,13,21,23-26,41H,6,14-20,22H2,1H3,(H,37,43)/t46-/m0/s1. The number of pyridine rings is 1. The third-order valence-corrected chi connectivity index (χ3v) is 9.96. The number of amides is 2. The molecule has 0 bridgehead atoms. The molecular formula is C35H37N5O5S. The van der Waals surface area contributed by atoms with Gasteiger partial charge in [0.1, 0.15) is 0 Å². The summed E-state index contributed by atoms with van der Waals surface area (Å²) in [5.74, 6) is 5.60. The maximum Gasteiger partial charge on any atom is 0.291 e. The summed E-state index contributed by atoms with van der Waals surface area (Å²) in [4.78, 5) is 35.1. The Morgan fingerprint density at radius 1 is 0.957 bits per heavy atom. The largest absolute Gasteiger partial charge is 0.459 e. The second-order valence-corrected chi connectivity index (χ2v) is 13.3. The summed E-state index contributed by atoms with van der Waals surface area (Å²) in [5, 5.41) is 12.0. The van der Waals surface area contributed by atoms with E-state index in [-0.39, 0.29) is 29.6 Å². The lowest BCUT2D eigenvalue weighted by molar-refractivity contribution is 0.0991. The van der Waals surface area contributed by atoms with Gasteiger partial charge in [0.2, 0.25) is 0 Å². The van der Waals surface area contributed by atoms with Gasteiger partial charge in [0.05, 0.1) is 28.2 Å². The van der Waals surface area contributed by atoms with Crippen LogP contribution in [0.3, 0.4) is 0 Å². The fourth-order valence-corrected chi connectivity index (χ4v) is 7.04. The van der Waals surface area contributed by atoms with Crippen molar-refractivity contribution in [1.29, 1.82) is 0 Å². The molecule has 1 saturated heterocycles. The molecule has 0 radical (unpaired) electrons. The minimum Gasteiger partial charge on any atom is -0.459 e. The number of hydrogen-bond donors (Lipinski definition) is 2. The van der Waals surface area contributed by atoms with Crippen LogP contribution in [0.2, 0.25) is 0 Å². The van der Waals surface area contributed by atoms with E-state index in [1.165, 1.54) is 12.5 Å². The molecule has 46 heavy (non-hydrogen) atoms. The number of rotatable bonds is 10. The molecule has 0 saturated carbocycles. The number of hydrogen-bond acceptors (Lipinski definition) is 8. The maximum atomic E-state index is 14.2. The highest BCUT2D eigenvalue weighted by Crippen LogP contribution is 2.18. The van der Waals surface area contributed by atoms with E-state index in [4.69, 9.17) is 4.42 Å². The molecule has 1 aliphatic heterocycles. The first kappa shape index (κ1) is 32.8. The molecule has 11 heteroatoms. The van der Waals surface area contributed by atoms with Gasteiger partial charge in [-0.25, -0.2) is 4.21 Å². The van der Waals surface area contributed by atoms with E-state index in [1.807, 2.05) is 12.1 Å². The van der Waals surface area contributed by atoms with Crippen LogP contribution in [-0.4, -0.2) is 87.5 Å². The molecule has 0 unspecified atom stereocenters. The van der Waals surface area contributed by atoms with Crippen LogP contribution in [0.15, 0.2) is 99.1 Å². The zero-order chi connectivity index (χ0) is 32.4. The smallest absolute Gasteiger partial charge is 0.291 e. The van der Waals surface area contributed by atoms with E-state index in [9.17, 15) is 18.9 Å². The highest BCUT2D eigenvalue weighted by atomic mass is 32.2. The highest BCUT2D eigenvalue weighted by Gasteiger charge is 2.20. The van der Waals surface area contributed by atoms with Crippen molar-refractivity contribution in [2.45, 2.75) is 18.2 Å². The molecular weight excluding hydrogens is 602 g/mol. The topological polar surface area (TPSA) is 128 Å². The first-order valence-corrected chi connectivity index (χ1v) is 16.8. The molecule has 0 aliphatic carbocycles. The molecule has 4 aromatic rings. The number of carbonyl (C=O) groups excluding carboxylic acids is 2. The molecule has 5 rings (SSSR count). The minimum atomic E-state index is -3.04. The third-order valence-electron chi connectivity index (χ3n) is 7.64. The SMILES string of the molecule is Cc1ccoc1C(=O)Nc1cccc(C#Cc2cncc(C(=O)N=[S@](=O)(CCCN3CCN(CCO)CC3)c3ccccc3)c2)c1. The van der Waals surface area contributed by atoms with Crippen molar-refractivity contribution < 1.29 is 23.3 Å². The van der Waals surface area contributed by atoms with Crippen LogP contribution >= 0.6 is 0 Å². The van der Waals surface area contributed by atoms with Crippen LogP contribution in [0, 0.1) is 18.8 Å². The molecule has 1 aliphatic rings. The number of aromatic nitrogens is 1.